The fraction of sp³-hybridized carbons (Fsp3) is 0.400. The molecule has 0 radical (unpaired) electrons. The topological polar surface area (TPSA) is 33.3 Å². The lowest BCUT2D eigenvalue weighted by Gasteiger charge is -2.12. The van der Waals surface area contributed by atoms with Crippen LogP contribution in [0.15, 0.2) is 48.5 Å². The third-order valence-corrected chi connectivity index (χ3v) is 3.77. The number of alkyl halides is 3. The molecule has 2 aromatic carbocycles. The second-order valence-corrected chi connectivity index (χ2v) is 6.49. The van der Waals surface area contributed by atoms with Crippen molar-refractivity contribution in [2.45, 2.75) is 26.4 Å². The monoisotopic (exact) mass is 366 g/mol. The standard InChI is InChI=1S/C20H25F3N2O/c1-15(2)9-12-26-19-8-4-7-18(14-19)25-11-10-24-17-6-3-5-16(13-17)20(21,22)23/h3-8,13-15,24-25H,9-12H2,1-2H3. The normalized spacial score (nSPS) is 11.5. The Morgan fingerprint density at radius 3 is 2.15 bits per heavy atom. The lowest BCUT2D eigenvalue weighted by Crippen LogP contribution is -2.14. The fourth-order valence-corrected chi connectivity index (χ4v) is 2.33. The number of hydrogen-bond acceptors (Lipinski definition) is 3. The molecule has 2 N–H and O–H groups in total. The smallest absolute Gasteiger partial charge is 0.416 e. The van der Waals surface area contributed by atoms with Crippen LogP contribution < -0.4 is 15.4 Å². The number of anilines is 2. The number of hydrogen-bond donors (Lipinski definition) is 2. The van der Waals surface area contributed by atoms with Gasteiger partial charge < -0.3 is 15.4 Å². The predicted octanol–water partition coefficient (Wildman–Crippen LogP) is 5.65. The van der Waals surface area contributed by atoms with Crippen LogP contribution >= 0.6 is 0 Å². The van der Waals surface area contributed by atoms with Crippen LogP contribution in [0.1, 0.15) is 25.8 Å². The van der Waals surface area contributed by atoms with Gasteiger partial charge in [-0.25, -0.2) is 0 Å². The second kappa shape index (κ2) is 9.36. The molecule has 0 aliphatic carbocycles. The molecule has 2 rings (SSSR count). The summed E-state index contributed by atoms with van der Waals surface area (Å²) in [7, 11) is 0. The minimum Gasteiger partial charge on any atom is -0.494 e. The third-order valence-electron chi connectivity index (χ3n) is 3.77. The molecule has 26 heavy (non-hydrogen) atoms. The first-order valence-electron chi connectivity index (χ1n) is 8.72. The number of benzene rings is 2. The van der Waals surface area contributed by atoms with E-state index < -0.39 is 11.7 Å². The molecule has 0 spiro atoms. The van der Waals surface area contributed by atoms with Crippen molar-refractivity contribution in [1.29, 1.82) is 0 Å². The molecule has 142 valence electrons. The van der Waals surface area contributed by atoms with Crippen molar-refractivity contribution < 1.29 is 17.9 Å². The van der Waals surface area contributed by atoms with E-state index in [9.17, 15) is 13.2 Å². The van der Waals surface area contributed by atoms with Crippen LogP contribution in [-0.2, 0) is 6.18 Å². The molecule has 0 amide bonds. The molecular formula is C20H25F3N2O. The highest BCUT2D eigenvalue weighted by atomic mass is 19.4. The van der Waals surface area contributed by atoms with Gasteiger partial charge in [0.05, 0.1) is 12.2 Å². The summed E-state index contributed by atoms with van der Waals surface area (Å²) in [4.78, 5) is 0. The first-order valence-corrected chi connectivity index (χ1v) is 8.72. The molecule has 0 fully saturated rings. The number of rotatable bonds is 9. The van der Waals surface area contributed by atoms with Gasteiger partial charge in [-0.3, -0.25) is 0 Å². The van der Waals surface area contributed by atoms with Crippen LogP contribution in [0.3, 0.4) is 0 Å². The summed E-state index contributed by atoms with van der Waals surface area (Å²) in [6.45, 7) is 6.06. The maximum Gasteiger partial charge on any atom is 0.416 e. The fourth-order valence-electron chi connectivity index (χ4n) is 2.33. The zero-order chi connectivity index (χ0) is 19.0. The number of ether oxygens (including phenoxy) is 1. The first-order chi connectivity index (χ1) is 12.3. The lowest BCUT2D eigenvalue weighted by molar-refractivity contribution is -0.137. The third kappa shape index (κ3) is 6.86. The van der Waals surface area contributed by atoms with E-state index in [2.05, 4.69) is 24.5 Å². The molecule has 3 nitrogen and oxygen atoms in total. The molecule has 2 aromatic rings. The number of halogens is 3. The van der Waals surface area contributed by atoms with Crippen LogP contribution in [0.25, 0.3) is 0 Å². The van der Waals surface area contributed by atoms with E-state index in [1.165, 1.54) is 6.07 Å². The van der Waals surface area contributed by atoms with Gasteiger partial charge in [0, 0.05) is 30.5 Å². The molecule has 0 aromatic heterocycles. The average Bonchev–Trinajstić information content (AvgIpc) is 2.58. The molecule has 0 saturated heterocycles. The van der Waals surface area contributed by atoms with Gasteiger partial charge in [-0.05, 0) is 42.7 Å². The SMILES string of the molecule is CC(C)CCOc1cccc(NCCNc2cccc(C(F)(F)F)c2)c1. The number of nitrogens with one attached hydrogen (secondary N) is 2. The molecule has 0 bridgehead atoms. The van der Waals surface area contributed by atoms with Crippen LogP contribution in [0.5, 0.6) is 5.75 Å². The molecule has 6 heteroatoms. The lowest BCUT2D eigenvalue weighted by atomic mass is 10.1. The predicted molar refractivity (Wildman–Crippen MR) is 99.8 cm³/mol. The highest BCUT2D eigenvalue weighted by Gasteiger charge is 2.30. The minimum atomic E-state index is -4.33. The van der Waals surface area contributed by atoms with Gasteiger partial charge in [-0.15, -0.1) is 0 Å². The molecule has 0 saturated carbocycles. The van der Waals surface area contributed by atoms with Crippen molar-refractivity contribution in [2.24, 2.45) is 5.92 Å². The molecule has 0 atom stereocenters. The summed E-state index contributed by atoms with van der Waals surface area (Å²) in [5.41, 5.74) is 0.715. The van der Waals surface area contributed by atoms with E-state index in [0.717, 1.165) is 30.0 Å². The van der Waals surface area contributed by atoms with Crippen LogP contribution in [0, 0.1) is 5.92 Å². The van der Waals surface area contributed by atoms with E-state index in [-0.39, 0.29) is 0 Å². The molecule has 0 aliphatic heterocycles. The van der Waals surface area contributed by atoms with E-state index >= 15 is 0 Å². The van der Waals surface area contributed by atoms with Gasteiger partial charge in [-0.1, -0.05) is 26.0 Å². The average molecular weight is 366 g/mol. The van der Waals surface area contributed by atoms with Crippen LogP contribution in [-0.4, -0.2) is 19.7 Å². The van der Waals surface area contributed by atoms with Gasteiger partial charge in [0.2, 0.25) is 0 Å². The van der Waals surface area contributed by atoms with Gasteiger partial charge in [-0.2, -0.15) is 13.2 Å². The summed E-state index contributed by atoms with van der Waals surface area (Å²) >= 11 is 0. The zero-order valence-corrected chi connectivity index (χ0v) is 15.1. The Labute approximate surface area is 152 Å². The molecule has 0 unspecified atom stereocenters. The van der Waals surface area contributed by atoms with Crippen molar-refractivity contribution in [3.8, 4) is 5.75 Å². The van der Waals surface area contributed by atoms with E-state index in [4.69, 9.17) is 4.74 Å². The van der Waals surface area contributed by atoms with Crippen LogP contribution in [0.2, 0.25) is 0 Å². The maximum absolute atomic E-state index is 12.7. The van der Waals surface area contributed by atoms with E-state index in [0.29, 0.717) is 31.3 Å². The Balaban J connectivity index is 1.78. The summed E-state index contributed by atoms with van der Waals surface area (Å²) < 4.78 is 43.8. The van der Waals surface area contributed by atoms with Crippen molar-refractivity contribution in [3.05, 3.63) is 54.1 Å². The van der Waals surface area contributed by atoms with Crippen LogP contribution in [0.4, 0.5) is 24.5 Å². The van der Waals surface area contributed by atoms with Crippen molar-refractivity contribution in [3.63, 3.8) is 0 Å². The summed E-state index contributed by atoms with van der Waals surface area (Å²) in [5.74, 6) is 1.40. The maximum atomic E-state index is 12.7. The summed E-state index contributed by atoms with van der Waals surface area (Å²) in [5, 5.41) is 6.23. The largest absolute Gasteiger partial charge is 0.494 e. The zero-order valence-electron chi connectivity index (χ0n) is 15.1. The van der Waals surface area contributed by atoms with Gasteiger partial charge in [0.1, 0.15) is 5.75 Å². The van der Waals surface area contributed by atoms with Gasteiger partial charge in [0.25, 0.3) is 0 Å². The molecular weight excluding hydrogens is 341 g/mol. The van der Waals surface area contributed by atoms with Gasteiger partial charge in [0.15, 0.2) is 0 Å². The Bertz CT molecular complexity index is 687. The minimum absolute atomic E-state index is 0.451. The highest BCUT2D eigenvalue weighted by Crippen LogP contribution is 2.30. The molecule has 0 heterocycles. The van der Waals surface area contributed by atoms with Crippen molar-refractivity contribution in [2.75, 3.05) is 30.3 Å². The van der Waals surface area contributed by atoms with E-state index in [1.807, 2.05) is 24.3 Å². The van der Waals surface area contributed by atoms with E-state index in [1.54, 1.807) is 6.07 Å². The van der Waals surface area contributed by atoms with Crippen molar-refractivity contribution in [1.82, 2.24) is 0 Å². The quantitative estimate of drug-likeness (QED) is 0.562. The Morgan fingerprint density at radius 2 is 1.54 bits per heavy atom. The summed E-state index contributed by atoms with van der Waals surface area (Å²) in [6, 6.07) is 12.9. The summed E-state index contributed by atoms with van der Waals surface area (Å²) in [6.07, 6.45) is -3.33. The Kier molecular flexibility index (Phi) is 7.18. The Hall–Kier alpha value is -2.37. The first kappa shape index (κ1) is 19.9. The van der Waals surface area contributed by atoms with Gasteiger partial charge >= 0.3 is 6.18 Å². The molecule has 0 aliphatic rings. The van der Waals surface area contributed by atoms with Crippen molar-refractivity contribution >= 4 is 11.4 Å². The second-order valence-electron chi connectivity index (χ2n) is 6.49. The highest BCUT2D eigenvalue weighted by molar-refractivity contribution is 5.49. The Morgan fingerprint density at radius 1 is 0.923 bits per heavy atom.